The molecule has 1 spiro atoms. The van der Waals surface area contributed by atoms with Gasteiger partial charge in [0.15, 0.2) is 0 Å². The van der Waals surface area contributed by atoms with Crippen molar-refractivity contribution in [1.82, 2.24) is 4.31 Å². The van der Waals surface area contributed by atoms with Gasteiger partial charge in [-0.15, -0.1) is 0 Å². The third-order valence-corrected chi connectivity index (χ3v) is 17.7. The van der Waals surface area contributed by atoms with Gasteiger partial charge in [0.05, 0.1) is 56.6 Å². The Morgan fingerprint density at radius 2 is 1.57 bits per heavy atom. The topological polar surface area (TPSA) is 113 Å². The van der Waals surface area contributed by atoms with Crippen LogP contribution in [-0.2, 0) is 49.2 Å². The Bertz CT molecular complexity index is 2510. The quantitative estimate of drug-likeness (QED) is 0.0511. The van der Waals surface area contributed by atoms with Crippen LogP contribution in [0.3, 0.4) is 0 Å². The van der Waals surface area contributed by atoms with Crippen LogP contribution in [0.4, 0.5) is 5.69 Å². The first-order valence-corrected chi connectivity index (χ1v) is 26.5. The number of methoxy groups -OCH3 is 3. The van der Waals surface area contributed by atoms with Crippen molar-refractivity contribution in [2.75, 3.05) is 59.1 Å². The van der Waals surface area contributed by atoms with E-state index in [2.05, 4.69) is 30.0 Å². The van der Waals surface area contributed by atoms with Gasteiger partial charge in [-0.3, -0.25) is 0 Å². The highest BCUT2D eigenvalue weighted by Crippen LogP contribution is 2.50. The molecule has 0 bridgehead atoms. The van der Waals surface area contributed by atoms with E-state index in [0.717, 1.165) is 90.7 Å². The number of carbonyl (C=O) groups is 1. The predicted octanol–water partition coefficient (Wildman–Crippen LogP) is 10.8. The summed E-state index contributed by atoms with van der Waals surface area (Å²) < 4.78 is 66.8. The van der Waals surface area contributed by atoms with Gasteiger partial charge in [-0.1, -0.05) is 54.9 Å². The minimum Gasteiger partial charge on any atom is -0.497 e. The number of anilines is 1. The number of esters is 1. The molecular formula is C56H71ClN2O9S. The van der Waals surface area contributed by atoms with Crippen molar-refractivity contribution in [3.63, 3.8) is 0 Å². The Balaban J connectivity index is 1.04. The van der Waals surface area contributed by atoms with Gasteiger partial charge in [-0.05, 0) is 172 Å². The number of sulfonamides is 1. The van der Waals surface area contributed by atoms with Crippen LogP contribution in [-0.4, -0.2) is 89.9 Å². The van der Waals surface area contributed by atoms with E-state index in [-0.39, 0.29) is 48.3 Å². The number of aryl methyl sites for hydroxylation is 1. The molecule has 1 saturated carbocycles. The minimum atomic E-state index is -3.77. The van der Waals surface area contributed by atoms with Crippen molar-refractivity contribution in [3.8, 4) is 17.2 Å². The van der Waals surface area contributed by atoms with Crippen molar-refractivity contribution in [1.29, 1.82) is 0 Å². The number of nitrogens with zero attached hydrogens (tertiary/aromatic N) is 2. The fraction of sp³-hybridized carbons (Fsp3) is 0.518. The fourth-order valence-electron chi connectivity index (χ4n) is 10.9. The van der Waals surface area contributed by atoms with Crippen molar-refractivity contribution in [2.45, 2.75) is 109 Å². The second-order valence-corrected chi connectivity index (χ2v) is 23.5. The molecule has 4 aliphatic rings. The second-order valence-electron chi connectivity index (χ2n) is 20.8. The minimum absolute atomic E-state index is 0.0706. The number of hydrogen-bond donors (Lipinski definition) is 0. The van der Waals surface area contributed by atoms with Gasteiger partial charge in [-0.25, -0.2) is 13.2 Å². The number of carbonyl (C=O) groups excluding carboxylic acids is 1. The number of rotatable bonds is 19. The zero-order valence-corrected chi connectivity index (χ0v) is 43.2. The number of fused-ring (bicyclic) bond motifs is 3. The monoisotopic (exact) mass is 982 g/mol. The zero-order valence-electron chi connectivity index (χ0n) is 41.7. The summed E-state index contributed by atoms with van der Waals surface area (Å²) in [6.45, 7) is 13.0. The molecule has 1 aliphatic heterocycles. The Kier molecular flexibility index (Phi) is 15.8. The third kappa shape index (κ3) is 11.5. The molecule has 0 aromatic heterocycles. The van der Waals surface area contributed by atoms with Gasteiger partial charge < -0.3 is 33.3 Å². The maximum absolute atomic E-state index is 14.8. The van der Waals surface area contributed by atoms with Gasteiger partial charge in [0.25, 0.3) is 0 Å². The van der Waals surface area contributed by atoms with E-state index in [0.29, 0.717) is 31.3 Å². The third-order valence-electron chi connectivity index (χ3n) is 15.1. The van der Waals surface area contributed by atoms with E-state index in [1.807, 2.05) is 100 Å². The standard InChI is InChI=1S/C56H71ClN2O9S/c1-37(38(2)69(61,62)59(32-39-11-18-47(64-7)19-12-39)33-40-13-20-48(65-8)21-14-40)44-28-45(29-44)53(66-27-26-63-6)49-22-15-43(49)34-58-35-56(25-9-10-41-30-46(57)17-23-50(41)56)36-67-52-24-16-42(31-51(52)58)54(60)68-55(3,4)5/h11-14,16-21,23-24,28,30-31,37-38,43-44,49,53H,9-10,15,22,25-27,29,32-36H2,1-8H3/t37-,38-,43+,44-,49-,53+,56+/m1/s1. The average Bonchev–Trinajstić information content (AvgIpc) is 3.45. The summed E-state index contributed by atoms with van der Waals surface area (Å²) in [5.74, 6) is 2.29. The molecule has 1 heterocycles. The summed E-state index contributed by atoms with van der Waals surface area (Å²) in [5.41, 5.74) is 6.05. The van der Waals surface area contributed by atoms with Gasteiger partial charge in [0, 0.05) is 43.7 Å². The molecule has 372 valence electrons. The van der Waals surface area contributed by atoms with Crippen LogP contribution in [0.25, 0.3) is 0 Å². The molecule has 69 heavy (non-hydrogen) atoms. The molecule has 0 saturated heterocycles. The van der Waals surface area contributed by atoms with Gasteiger partial charge in [-0.2, -0.15) is 4.31 Å². The predicted molar refractivity (Wildman–Crippen MR) is 272 cm³/mol. The van der Waals surface area contributed by atoms with Gasteiger partial charge >= 0.3 is 5.97 Å². The van der Waals surface area contributed by atoms with Crippen LogP contribution in [0.5, 0.6) is 17.2 Å². The van der Waals surface area contributed by atoms with E-state index in [9.17, 15) is 13.2 Å². The summed E-state index contributed by atoms with van der Waals surface area (Å²) in [6, 6.07) is 27.2. The lowest BCUT2D eigenvalue weighted by Gasteiger charge is -2.48. The normalized spacial score (nSPS) is 22.4. The molecule has 4 aromatic carbocycles. The molecule has 0 unspecified atom stereocenters. The molecule has 11 nitrogen and oxygen atoms in total. The van der Waals surface area contributed by atoms with Crippen LogP contribution in [0.15, 0.2) is 96.6 Å². The lowest BCUT2D eigenvalue weighted by molar-refractivity contribution is -0.0418. The van der Waals surface area contributed by atoms with Crippen LogP contribution < -0.4 is 19.1 Å². The molecule has 0 radical (unpaired) electrons. The highest BCUT2D eigenvalue weighted by atomic mass is 35.5. The van der Waals surface area contributed by atoms with E-state index < -0.39 is 20.9 Å². The highest BCUT2D eigenvalue weighted by Gasteiger charge is 2.47. The summed E-state index contributed by atoms with van der Waals surface area (Å²) in [4.78, 5) is 16.0. The summed E-state index contributed by atoms with van der Waals surface area (Å²) in [7, 11) is 1.16. The van der Waals surface area contributed by atoms with Crippen LogP contribution in [0.2, 0.25) is 5.02 Å². The van der Waals surface area contributed by atoms with Crippen molar-refractivity contribution < 1.29 is 41.6 Å². The number of ether oxygens (including phenoxy) is 6. The lowest BCUT2D eigenvalue weighted by atomic mass is 9.64. The van der Waals surface area contributed by atoms with Crippen molar-refractivity contribution in [2.24, 2.45) is 23.7 Å². The number of halogens is 1. The summed E-state index contributed by atoms with van der Waals surface area (Å²) >= 11 is 6.56. The first kappa shape index (κ1) is 50.8. The van der Waals surface area contributed by atoms with E-state index in [1.54, 1.807) is 25.6 Å². The van der Waals surface area contributed by atoms with Gasteiger partial charge in [0.1, 0.15) is 22.8 Å². The Labute approximate surface area is 415 Å². The fourth-order valence-corrected chi connectivity index (χ4v) is 12.9. The molecule has 13 heteroatoms. The van der Waals surface area contributed by atoms with E-state index in [4.69, 9.17) is 40.0 Å². The molecule has 1 fully saturated rings. The lowest BCUT2D eigenvalue weighted by Crippen LogP contribution is -2.50. The molecule has 7 atom stereocenters. The Hall–Kier alpha value is -4.59. The average molecular weight is 984 g/mol. The summed E-state index contributed by atoms with van der Waals surface area (Å²) in [6.07, 6.45) is 7.96. The molecular weight excluding hydrogens is 912 g/mol. The molecule has 0 amide bonds. The number of allylic oxidation sites excluding steroid dienone is 1. The van der Waals surface area contributed by atoms with Crippen molar-refractivity contribution >= 4 is 33.3 Å². The molecule has 4 aromatic rings. The van der Waals surface area contributed by atoms with E-state index >= 15 is 0 Å². The molecule has 8 rings (SSSR count). The number of benzene rings is 4. The molecule has 0 N–H and O–H groups in total. The maximum atomic E-state index is 14.8. The molecule has 3 aliphatic carbocycles. The van der Waals surface area contributed by atoms with Crippen molar-refractivity contribution in [3.05, 3.63) is 129 Å². The SMILES string of the molecule is COCCO[C@@H](C1=C[C@@H]([C@H](C)[C@@H](C)S(=O)(=O)N(Cc2ccc(OC)cc2)Cc2ccc(OC)cc2)C1)[C@@H]1CC[C@H]1CN1C[C@@]2(CCCc3cc(Cl)ccc32)COc2ccc(C(=O)OC(C)(C)C)cc21. The Morgan fingerprint density at radius 1 is 0.899 bits per heavy atom. The highest BCUT2D eigenvalue weighted by molar-refractivity contribution is 7.89. The zero-order chi connectivity index (χ0) is 49.1. The first-order valence-electron chi connectivity index (χ1n) is 24.6. The smallest absolute Gasteiger partial charge is 0.338 e. The Morgan fingerprint density at radius 3 is 2.16 bits per heavy atom. The van der Waals surface area contributed by atoms with Crippen LogP contribution in [0, 0.1) is 23.7 Å². The largest absolute Gasteiger partial charge is 0.497 e. The summed E-state index contributed by atoms with van der Waals surface area (Å²) in [5, 5.41) is 0.0963. The van der Waals surface area contributed by atoms with E-state index in [1.165, 1.54) is 16.7 Å². The van der Waals surface area contributed by atoms with Gasteiger partial charge in [0.2, 0.25) is 10.0 Å². The second kappa shape index (κ2) is 21.4. The van der Waals surface area contributed by atoms with Crippen LogP contribution in [0.1, 0.15) is 99.3 Å². The van der Waals surface area contributed by atoms with Crippen LogP contribution >= 0.6 is 11.6 Å². The maximum Gasteiger partial charge on any atom is 0.338 e. The number of hydrogen-bond acceptors (Lipinski definition) is 10. The first-order chi connectivity index (χ1) is 33.0.